The Kier molecular flexibility index (Phi) is 4.79. The van der Waals surface area contributed by atoms with Crippen molar-refractivity contribution in [2.45, 2.75) is 19.9 Å². The van der Waals surface area contributed by atoms with Crippen molar-refractivity contribution >= 4 is 45.1 Å². The summed E-state index contributed by atoms with van der Waals surface area (Å²) >= 11 is 6.39. The molecule has 0 aliphatic carbocycles. The molecule has 1 aliphatic rings. The third-order valence-corrected chi connectivity index (χ3v) is 6.12. The molecule has 8 heteroatoms. The lowest BCUT2D eigenvalue weighted by atomic mass is 10.1. The number of hydrogen-bond acceptors (Lipinski definition) is 5. The van der Waals surface area contributed by atoms with E-state index in [-0.39, 0.29) is 6.04 Å². The van der Waals surface area contributed by atoms with Crippen LogP contribution >= 0.6 is 11.6 Å². The Morgan fingerprint density at radius 3 is 2.87 bits per heavy atom. The maximum Gasteiger partial charge on any atom is 0.251 e. The number of pyridine rings is 1. The van der Waals surface area contributed by atoms with Crippen molar-refractivity contribution in [3.8, 4) is 5.69 Å². The highest BCUT2D eigenvalue weighted by Crippen LogP contribution is 2.33. The molecule has 5 rings (SSSR count). The molecule has 7 nitrogen and oxygen atoms in total. The highest BCUT2D eigenvalue weighted by molar-refractivity contribution is 6.35. The second-order valence-corrected chi connectivity index (χ2v) is 8.21. The number of hydrogen-bond donors (Lipinski definition) is 1. The molecule has 1 fully saturated rings. The van der Waals surface area contributed by atoms with Gasteiger partial charge in [0.25, 0.3) is 5.91 Å². The predicted octanol–water partition coefficient (Wildman–Crippen LogP) is 3.86. The van der Waals surface area contributed by atoms with Crippen molar-refractivity contribution in [2.75, 3.05) is 24.7 Å². The van der Waals surface area contributed by atoms with Crippen LogP contribution in [0, 0.1) is 6.92 Å². The predicted molar refractivity (Wildman–Crippen MR) is 122 cm³/mol. The third-order valence-electron chi connectivity index (χ3n) is 5.82. The minimum atomic E-state index is -0.500. The Morgan fingerprint density at radius 2 is 2.10 bits per heavy atom. The molecule has 158 valence electrons. The van der Waals surface area contributed by atoms with E-state index < -0.39 is 5.91 Å². The van der Waals surface area contributed by atoms with Gasteiger partial charge in [0, 0.05) is 29.9 Å². The van der Waals surface area contributed by atoms with Gasteiger partial charge in [-0.15, -0.1) is 0 Å². The number of carbonyl (C=O) groups is 1. The van der Waals surface area contributed by atoms with E-state index in [2.05, 4.69) is 22.9 Å². The fraction of sp³-hybridized carbons (Fsp3) is 0.261. The van der Waals surface area contributed by atoms with Gasteiger partial charge in [0.2, 0.25) is 0 Å². The maximum atomic E-state index is 12.3. The molecular formula is C23H22ClN5O2. The molecule has 4 aromatic rings. The summed E-state index contributed by atoms with van der Waals surface area (Å²) in [5.74, 6) is 0.247. The average molecular weight is 436 g/mol. The number of anilines is 1. The van der Waals surface area contributed by atoms with Crippen molar-refractivity contribution in [3.63, 3.8) is 0 Å². The van der Waals surface area contributed by atoms with Gasteiger partial charge < -0.3 is 15.4 Å². The van der Waals surface area contributed by atoms with Crippen LogP contribution in [0.15, 0.2) is 42.6 Å². The lowest BCUT2D eigenvalue weighted by Crippen LogP contribution is -2.43. The van der Waals surface area contributed by atoms with Gasteiger partial charge in [0.05, 0.1) is 40.5 Å². The molecule has 0 radical (unpaired) electrons. The zero-order valence-electron chi connectivity index (χ0n) is 17.3. The number of fused-ring (bicyclic) bond motifs is 2. The van der Waals surface area contributed by atoms with Crippen molar-refractivity contribution in [1.82, 2.24) is 14.5 Å². The molecule has 0 spiro atoms. The number of primary amides is 1. The molecule has 3 heterocycles. The van der Waals surface area contributed by atoms with Crippen LogP contribution in [0.5, 0.6) is 0 Å². The minimum Gasteiger partial charge on any atom is -0.377 e. The number of nitrogens with two attached hydrogens (primary N) is 1. The van der Waals surface area contributed by atoms with Crippen molar-refractivity contribution in [3.05, 3.63) is 59.0 Å². The van der Waals surface area contributed by atoms with Gasteiger partial charge in [-0.1, -0.05) is 23.7 Å². The lowest BCUT2D eigenvalue weighted by molar-refractivity contribution is 0.0988. The Hall–Kier alpha value is -3.16. The molecule has 1 aliphatic heterocycles. The van der Waals surface area contributed by atoms with Crippen molar-refractivity contribution in [1.29, 1.82) is 0 Å². The number of aromatic nitrogens is 3. The van der Waals surface area contributed by atoms with Crippen LogP contribution in [0.25, 0.3) is 27.6 Å². The summed E-state index contributed by atoms with van der Waals surface area (Å²) in [6.45, 7) is 6.04. The molecule has 2 aromatic heterocycles. The standard InChI is InChI=1S/C23H22ClN5O2/c1-13-12-31-9-8-28(13)15-10-17(23(25)30)22-20(11-15)29(14(2)27-22)19-6-7-26-21-16(19)4-3-5-18(21)24/h3-7,10-11,13H,8-9,12H2,1-2H3,(H2,25,30)/t13-/m1/s1. The van der Waals surface area contributed by atoms with E-state index in [0.717, 1.165) is 40.2 Å². The first-order valence-electron chi connectivity index (χ1n) is 10.2. The van der Waals surface area contributed by atoms with E-state index in [4.69, 9.17) is 27.1 Å². The Balaban J connectivity index is 1.82. The van der Waals surface area contributed by atoms with Gasteiger partial charge in [-0.05, 0) is 38.1 Å². The van der Waals surface area contributed by atoms with Crippen LogP contribution in [-0.4, -0.2) is 46.2 Å². The summed E-state index contributed by atoms with van der Waals surface area (Å²) in [4.78, 5) is 23.7. The summed E-state index contributed by atoms with van der Waals surface area (Å²) in [6.07, 6.45) is 1.73. The monoisotopic (exact) mass is 435 g/mol. The smallest absolute Gasteiger partial charge is 0.251 e. The van der Waals surface area contributed by atoms with Crippen LogP contribution in [0.3, 0.4) is 0 Å². The summed E-state index contributed by atoms with van der Waals surface area (Å²) < 4.78 is 7.62. The second kappa shape index (κ2) is 7.51. The van der Waals surface area contributed by atoms with Gasteiger partial charge >= 0.3 is 0 Å². The summed E-state index contributed by atoms with van der Waals surface area (Å²) in [7, 11) is 0. The van der Waals surface area contributed by atoms with E-state index >= 15 is 0 Å². The van der Waals surface area contributed by atoms with E-state index in [1.807, 2.05) is 41.8 Å². The SMILES string of the molecule is Cc1nc2c(C(N)=O)cc(N3CCOC[C@H]3C)cc2n1-c1ccnc2c(Cl)cccc12. The number of morpholine rings is 1. The van der Waals surface area contributed by atoms with Crippen molar-refractivity contribution < 1.29 is 9.53 Å². The summed E-state index contributed by atoms with van der Waals surface area (Å²) in [5, 5.41) is 1.49. The molecule has 0 saturated carbocycles. The minimum absolute atomic E-state index is 0.185. The fourth-order valence-corrected chi connectivity index (χ4v) is 4.59. The topological polar surface area (TPSA) is 86.3 Å². The number of carbonyl (C=O) groups excluding carboxylic acids is 1. The molecule has 1 saturated heterocycles. The Bertz CT molecular complexity index is 1330. The highest BCUT2D eigenvalue weighted by atomic mass is 35.5. The van der Waals surface area contributed by atoms with Crippen LogP contribution < -0.4 is 10.6 Å². The molecule has 2 N–H and O–H groups in total. The Morgan fingerprint density at radius 1 is 1.26 bits per heavy atom. The molecule has 1 amide bonds. The summed E-state index contributed by atoms with van der Waals surface area (Å²) in [6, 6.07) is 11.7. The van der Waals surface area contributed by atoms with Crippen LogP contribution in [0.1, 0.15) is 23.1 Å². The van der Waals surface area contributed by atoms with Gasteiger partial charge in [-0.2, -0.15) is 0 Å². The number of ether oxygens (including phenoxy) is 1. The zero-order chi connectivity index (χ0) is 21.7. The number of nitrogens with zero attached hydrogens (tertiary/aromatic N) is 4. The quantitative estimate of drug-likeness (QED) is 0.528. The van der Waals surface area contributed by atoms with Gasteiger partial charge in [-0.25, -0.2) is 4.98 Å². The number of halogens is 1. The van der Waals surface area contributed by atoms with Crippen LogP contribution in [-0.2, 0) is 4.74 Å². The van der Waals surface area contributed by atoms with Gasteiger partial charge in [-0.3, -0.25) is 14.3 Å². The molecular weight excluding hydrogens is 414 g/mol. The number of rotatable bonds is 3. The number of benzene rings is 2. The average Bonchev–Trinajstić information content (AvgIpc) is 3.08. The molecule has 31 heavy (non-hydrogen) atoms. The number of amides is 1. The number of para-hydroxylation sites is 1. The number of aryl methyl sites for hydroxylation is 1. The van der Waals surface area contributed by atoms with E-state index in [1.54, 1.807) is 6.20 Å². The first-order valence-corrected chi connectivity index (χ1v) is 10.5. The fourth-order valence-electron chi connectivity index (χ4n) is 4.37. The Labute approximate surface area is 184 Å². The van der Waals surface area contributed by atoms with E-state index in [0.29, 0.717) is 29.3 Å². The largest absolute Gasteiger partial charge is 0.377 e. The van der Waals surface area contributed by atoms with Gasteiger partial charge in [0.1, 0.15) is 11.3 Å². The van der Waals surface area contributed by atoms with Gasteiger partial charge in [0.15, 0.2) is 0 Å². The van der Waals surface area contributed by atoms with Crippen LogP contribution in [0.2, 0.25) is 5.02 Å². The maximum absolute atomic E-state index is 12.3. The first-order chi connectivity index (χ1) is 15.0. The summed E-state index contributed by atoms with van der Waals surface area (Å²) in [5.41, 5.74) is 10.1. The van der Waals surface area contributed by atoms with E-state index in [1.165, 1.54) is 0 Å². The number of imidazole rings is 1. The molecule has 0 unspecified atom stereocenters. The van der Waals surface area contributed by atoms with Crippen molar-refractivity contribution in [2.24, 2.45) is 5.73 Å². The van der Waals surface area contributed by atoms with Crippen LogP contribution in [0.4, 0.5) is 5.69 Å². The zero-order valence-corrected chi connectivity index (χ0v) is 18.1. The first kappa shape index (κ1) is 19.8. The molecule has 1 atom stereocenters. The van der Waals surface area contributed by atoms with E-state index in [9.17, 15) is 4.79 Å². The molecule has 0 bridgehead atoms. The lowest BCUT2D eigenvalue weighted by Gasteiger charge is -2.35. The normalized spacial score (nSPS) is 16.9. The highest BCUT2D eigenvalue weighted by Gasteiger charge is 2.24. The second-order valence-electron chi connectivity index (χ2n) is 7.80. The molecule has 2 aromatic carbocycles. The third kappa shape index (κ3) is 3.21.